The Hall–Kier alpha value is -2.54. The molecule has 0 radical (unpaired) electrons. The van der Waals surface area contributed by atoms with Gasteiger partial charge in [0.15, 0.2) is 21.3 Å². The van der Waals surface area contributed by atoms with Crippen molar-refractivity contribution in [3.8, 4) is 11.5 Å². The normalized spacial score (nSPS) is 12.8. The maximum Gasteiger partial charge on any atom is 0.255 e. The minimum absolute atomic E-state index is 0.0500. The molecule has 2 aromatic carbocycles. The Morgan fingerprint density at radius 1 is 1.08 bits per heavy atom. The summed E-state index contributed by atoms with van der Waals surface area (Å²) >= 11 is 0. The zero-order valence-corrected chi connectivity index (χ0v) is 15.6. The van der Waals surface area contributed by atoms with Crippen LogP contribution in [0.25, 0.3) is 0 Å². The van der Waals surface area contributed by atoms with Crippen LogP contribution in [0, 0.1) is 0 Å². The third-order valence-electron chi connectivity index (χ3n) is 4.31. The molecule has 26 heavy (non-hydrogen) atoms. The number of nitrogens with zero attached hydrogens (tertiary/aromatic N) is 1. The van der Waals surface area contributed by atoms with Crippen LogP contribution in [0.3, 0.4) is 0 Å². The lowest BCUT2D eigenvalue weighted by Crippen LogP contribution is -2.31. The van der Waals surface area contributed by atoms with Crippen molar-refractivity contribution in [3.63, 3.8) is 0 Å². The zero-order valence-electron chi connectivity index (χ0n) is 14.8. The summed E-state index contributed by atoms with van der Waals surface area (Å²) in [5.41, 5.74) is 1.09. The molecule has 0 aromatic heterocycles. The van der Waals surface area contributed by atoms with E-state index in [-0.39, 0.29) is 28.9 Å². The van der Waals surface area contributed by atoms with Crippen molar-refractivity contribution in [1.29, 1.82) is 0 Å². The van der Waals surface area contributed by atoms with Gasteiger partial charge < -0.3 is 14.4 Å². The molecule has 3 rings (SSSR count). The van der Waals surface area contributed by atoms with Gasteiger partial charge in [0.05, 0.1) is 16.2 Å². The molecular formula is C19H21NO5S. The van der Waals surface area contributed by atoms with Crippen LogP contribution in [0.1, 0.15) is 29.8 Å². The predicted octanol–water partition coefficient (Wildman–Crippen LogP) is 2.87. The standard InChI is InChI=1S/C19H21NO5S/c1-3-20(12-14-9-10-16-17(11-14)25-13-24-16)19(21)15-7-5-6-8-18(15)26(22,23)4-2/h5-11H,3-4,12-13H2,1-2H3. The van der Waals surface area contributed by atoms with E-state index in [0.29, 0.717) is 24.6 Å². The fraction of sp³-hybridized carbons (Fsp3) is 0.316. The van der Waals surface area contributed by atoms with E-state index in [0.717, 1.165) is 5.56 Å². The number of carbonyl (C=O) groups excluding carboxylic acids is 1. The van der Waals surface area contributed by atoms with Crippen molar-refractivity contribution in [2.24, 2.45) is 0 Å². The Morgan fingerprint density at radius 2 is 1.81 bits per heavy atom. The van der Waals surface area contributed by atoms with E-state index in [1.54, 1.807) is 30.0 Å². The lowest BCUT2D eigenvalue weighted by Gasteiger charge is -2.22. The molecule has 0 unspecified atom stereocenters. The molecule has 0 aliphatic carbocycles. The third-order valence-corrected chi connectivity index (χ3v) is 6.10. The maximum absolute atomic E-state index is 13.0. The summed E-state index contributed by atoms with van der Waals surface area (Å²) in [5, 5.41) is 0. The fourth-order valence-electron chi connectivity index (χ4n) is 2.83. The molecule has 0 bridgehead atoms. The van der Waals surface area contributed by atoms with Crippen LogP contribution in [-0.4, -0.2) is 38.3 Å². The molecule has 138 valence electrons. The predicted molar refractivity (Wildman–Crippen MR) is 97.1 cm³/mol. The molecule has 0 atom stereocenters. The maximum atomic E-state index is 13.0. The SMILES string of the molecule is CCN(Cc1ccc2c(c1)OCO2)C(=O)c1ccccc1S(=O)(=O)CC. The van der Waals surface area contributed by atoms with Crippen molar-refractivity contribution in [1.82, 2.24) is 4.90 Å². The molecule has 0 saturated heterocycles. The first-order valence-corrected chi connectivity index (χ1v) is 10.1. The van der Waals surface area contributed by atoms with Gasteiger partial charge in [-0.25, -0.2) is 8.42 Å². The summed E-state index contributed by atoms with van der Waals surface area (Å²) in [7, 11) is -3.48. The lowest BCUT2D eigenvalue weighted by atomic mass is 10.1. The number of amides is 1. The summed E-state index contributed by atoms with van der Waals surface area (Å²) in [6.45, 7) is 4.43. The highest BCUT2D eigenvalue weighted by Gasteiger charge is 2.24. The van der Waals surface area contributed by atoms with Gasteiger partial charge in [-0.2, -0.15) is 0 Å². The second kappa shape index (κ2) is 7.37. The minimum Gasteiger partial charge on any atom is -0.454 e. The number of hydrogen-bond donors (Lipinski definition) is 0. The second-order valence-corrected chi connectivity index (χ2v) is 8.15. The van der Waals surface area contributed by atoms with Crippen molar-refractivity contribution >= 4 is 15.7 Å². The quantitative estimate of drug-likeness (QED) is 0.776. The van der Waals surface area contributed by atoms with Gasteiger partial charge in [-0.05, 0) is 36.8 Å². The van der Waals surface area contributed by atoms with Gasteiger partial charge in [-0.1, -0.05) is 25.1 Å². The van der Waals surface area contributed by atoms with Gasteiger partial charge in [0, 0.05) is 13.1 Å². The first kappa shape index (κ1) is 18.3. The summed E-state index contributed by atoms with van der Waals surface area (Å²) < 4.78 is 35.3. The van der Waals surface area contributed by atoms with E-state index in [9.17, 15) is 13.2 Å². The smallest absolute Gasteiger partial charge is 0.255 e. The molecule has 1 aliphatic heterocycles. The Labute approximate surface area is 153 Å². The van der Waals surface area contributed by atoms with Crippen LogP contribution >= 0.6 is 0 Å². The van der Waals surface area contributed by atoms with E-state index >= 15 is 0 Å². The topological polar surface area (TPSA) is 72.9 Å². The number of rotatable bonds is 6. The molecule has 7 heteroatoms. The summed E-state index contributed by atoms with van der Waals surface area (Å²) in [6.07, 6.45) is 0. The summed E-state index contributed by atoms with van der Waals surface area (Å²) in [5.74, 6) is 0.978. The second-order valence-electron chi connectivity index (χ2n) is 5.91. The molecule has 1 amide bonds. The summed E-state index contributed by atoms with van der Waals surface area (Å²) in [6, 6.07) is 11.9. The van der Waals surface area contributed by atoms with Gasteiger partial charge in [-0.3, -0.25) is 4.79 Å². The van der Waals surface area contributed by atoms with Gasteiger partial charge in [-0.15, -0.1) is 0 Å². The monoisotopic (exact) mass is 375 g/mol. The lowest BCUT2D eigenvalue weighted by molar-refractivity contribution is 0.0748. The number of fused-ring (bicyclic) bond motifs is 1. The first-order valence-electron chi connectivity index (χ1n) is 8.46. The number of hydrogen-bond acceptors (Lipinski definition) is 5. The van der Waals surface area contributed by atoms with Gasteiger partial charge in [0.2, 0.25) is 6.79 Å². The average Bonchev–Trinajstić information content (AvgIpc) is 3.13. The van der Waals surface area contributed by atoms with Crippen LogP contribution < -0.4 is 9.47 Å². The number of sulfone groups is 1. The molecule has 0 spiro atoms. The van der Waals surface area contributed by atoms with Crippen molar-refractivity contribution < 1.29 is 22.7 Å². The molecule has 2 aromatic rings. The molecule has 1 heterocycles. The highest BCUT2D eigenvalue weighted by atomic mass is 32.2. The molecule has 0 saturated carbocycles. The van der Waals surface area contributed by atoms with Crippen LogP contribution in [0.5, 0.6) is 11.5 Å². The van der Waals surface area contributed by atoms with E-state index in [4.69, 9.17) is 9.47 Å². The van der Waals surface area contributed by atoms with Gasteiger partial charge >= 0.3 is 0 Å². The molecular weight excluding hydrogens is 354 g/mol. The van der Waals surface area contributed by atoms with Crippen molar-refractivity contribution in [2.75, 3.05) is 19.1 Å². The first-order chi connectivity index (χ1) is 12.5. The Balaban J connectivity index is 1.89. The Bertz CT molecular complexity index is 923. The number of carbonyl (C=O) groups is 1. The molecule has 1 aliphatic rings. The van der Waals surface area contributed by atoms with E-state index < -0.39 is 9.84 Å². The van der Waals surface area contributed by atoms with Crippen LogP contribution in [0.2, 0.25) is 0 Å². The Morgan fingerprint density at radius 3 is 2.54 bits per heavy atom. The van der Waals surface area contributed by atoms with Gasteiger partial charge in [0.25, 0.3) is 5.91 Å². The fourth-order valence-corrected chi connectivity index (χ4v) is 3.91. The number of ether oxygens (including phenoxy) is 2. The van der Waals surface area contributed by atoms with E-state index in [2.05, 4.69) is 0 Å². The van der Waals surface area contributed by atoms with E-state index in [1.165, 1.54) is 6.07 Å². The van der Waals surface area contributed by atoms with Crippen LogP contribution in [-0.2, 0) is 16.4 Å². The summed E-state index contributed by atoms with van der Waals surface area (Å²) in [4.78, 5) is 14.7. The molecule has 0 N–H and O–H groups in total. The van der Waals surface area contributed by atoms with E-state index in [1.807, 2.05) is 25.1 Å². The highest BCUT2D eigenvalue weighted by molar-refractivity contribution is 7.91. The van der Waals surface area contributed by atoms with Crippen molar-refractivity contribution in [2.45, 2.75) is 25.3 Å². The van der Waals surface area contributed by atoms with Gasteiger partial charge in [0.1, 0.15) is 0 Å². The Kier molecular flexibility index (Phi) is 5.18. The number of benzene rings is 2. The average molecular weight is 375 g/mol. The highest BCUT2D eigenvalue weighted by Crippen LogP contribution is 2.33. The van der Waals surface area contributed by atoms with Crippen LogP contribution in [0.15, 0.2) is 47.4 Å². The molecule has 0 fully saturated rings. The molecule has 6 nitrogen and oxygen atoms in total. The van der Waals surface area contributed by atoms with Crippen molar-refractivity contribution in [3.05, 3.63) is 53.6 Å². The minimum atomic E-state index is -3.48. The largest absolute Gasteiger partial charge is 0.454 e. The third kappa shape index (κ3) is 3.53. The van der Waals surface area contributed by atoms with Crippen LogP contribution in [0.4, 0.5) is 0 Å². The zero-order chi connectivity index (χ0) is 18.7.